The van der Waals surface area contributed by atoms with E-state index in [1.54, 1.807) is 0 Å². The standard InChI is InChI=1S/C11H16N.2ClH.Ru/c1-10-7-5-6-8-11(10)9-12(2,3)4;;;/h1,5-8H,9H2,2-4H3;2*1H;/q+1;;;+2/p-2. The van der Waals surface area contributed by atoms with Crippen molar-refractivity contribution in [2.24, 2.45) is 0 Å². The first-order valence-corrected chi connectivity index (χ1v) is 10.1. The van der Waals surface area contributed by atoms with Crippen molar-refractivity contribution >= 4 is 24.0 Å². The van der Waals surface area contributed by atoms with Crippen LogP contribution in [0.25, 0.3) is 0 Å². The predicted molar refractivity (Wildman–Crippen MR) is 65.1 cm³/mol. The first kappa shape index (κ1) is 13.3. The van der Waals surface area contributed by atoms with Gasteiger partial charge in [-0.05, 0) is 0 Å². The van der Waals surface area contributed by atoms with Crippen LogP contribution in [0.3, 0.4) is 0 Å². The molecule has 0 spiro atoms. The zero-order valence-electron chi connectivity index (χ0n) is 9.15. The van der Waals surface area contributed by atoms with E-state index in [0.717, 1.165) is 11.0 Å². The van der Waals surface area contributed by atoms with Crippen LogP contribution in [0.5, 0.6) is 0 Å². The van der Waals surface area contributed by atoms with E-state index < -0.39 is 13.5 Å². The van der Waals surface area contributed by atoms with Crippen LogP contribution < -0.4 is 0 Å². The summed E-state index contributed by atoms with van der Waals surface area (Å²) in [4.78, 5) is 0. The summed E-state index contributed by atoms with van der Waals surface area (Å²) in [5.74, 6) is 0. The van der Waals surface area contributed by atoms with Crippen molar-refractivity contribution in [3.8, 4) is 0 Å². The molecule has 0 aliphatic carbocycles. The third-order valence-corrected chi connectivity index (χ3v) is 3.72. The molecule has 0 aliphatic heterocycles. The SMILES string of the molecule is C[N+](C)(C)Cc1ccccc1[CH]=[Ru]([Cl])[Cl]. The molecule has 0 unspecified atom stereocenters. The zero-order chi connectivity index (χ0) is 11.5. The Hall–Kier alpha value is 0.253. The van der Waals surface area contributed by atoms with Gasteiger partial charge in [-0.25, -0.2) is 0 Å². The molecule has 0 heterocycles. The molecule has 86 valence electrons. The van der Waals surface area contributed by atoms with Crippen molar-refractivity contribution in [2.45, 2.75) is 6.54 Å². The second kappa shape index (κ2) is 5.54. The van der Waals surface area contributed by atoms with Crippen LogP contribution in [-0.2, 0) is 20.1 Å². The maximum atomic E-state index is 5.90. The van der Waals surface area contributed by atoms with Gasteiger partial charge >= 0.3 is 105 Å². The Balaban J connectivity index is 3.02. The quantitative estimate of drug-likeness (QED) is 0.589. The predicted octanol–water partition coefficient (Wildman–Crippen LogP) is 2.97. The molecule has 0 bridgehead atoms. The minimum absolute atomic E-state index is 0.905. The van der Waals surface area contributed by atoms with E-state index >= 15 is 0 Å². The van der Waals surface area contributed by atoms with Crippen molar-refractivity contribution < 1.29 is 18.0 Å². The number of halogens is 2. The molecule has 1 aromatic rings. The van der Waals surface area contributed by atoms with E-state index in [9.17, 15) is 0 Å². The molecule has 1 rings (SSSR count). The Labute approximate surface area is 105 Å². The van der Waals surface area contributed by atoms with Gasteiger partial charge in [-0.2, -0.15) is 0 Å². The van der Waals surface area contributed by atoms with Crippen LogP contribution in [0.15, 0.2) is 24.3 Å². The minimum atomic E-state index is -1.72. The van der Waals surface area contributed by atoms with E-state index in [-0.39, 0.29) is 0 Å². The van der Waals surface area contributed by atoms with Crippen LogP contribution >= 0.6 is 19.4 Å². The van der Waals surface area contributed by atoms with Crippen LogP contribution in [0, 0.1) is 0 Å². The second-order valence-corrected chi connectivity index (χ2v) is 10.2. The molecule has 15 heavy (non-hydrogen) atoms. The van der Waals surface area contributed by atoms with Crippen molar-refractivity contribution in [1.29, 1.82) is 0 Å². The summed E-state index contributed by atoms with van der Waals surface area (Å²) >= 11 is -1.72. The van der Waals surface area contributed by atoms with Gasteiger partial charge in [0.15, 0.2) is 0 Å². The van der Waals surface area contributed by atoms with E-state index in [2.05, 4.69) is 39.3 Å². The van der Waals surface area contributed by atoms with Gasteiger partial charge in [0.2, 0.25) is 0 Å². The average molecular weight is 334 g/mol. The molecule has 0 saturated carbocycles. The Kier molecular flexibility index (Phi) is 4.92. The molecule has 0 atom stereocenters. The first-order valence-electron chi connectivity index (χ1n) is 4.60. The Morgan fingerprint density at radius 2 is 1.80 bits per heavy atom. The van der Waals surface area contributed by atoms with Gasteiger partial charge in [0, 0.05) is 0 Å². The molecule has 4 heteroatoms. The third-order valence-electron chi connectivity index (χ3n) is 1.89. The van der Waals surface area contributed by atoms with Crippen LogP contribution in [-0.4, -0.2) is 30.2 Å². The van der Waals surface area contributed by atoms with Crippen LogP contribution in [0.2, 0.25) is 0 Å². The van der Waals surface area contributed by atoms with E-state index in [1.807, 2.05) is 10.7 Å². The maximum absolute atomic E-state index is 5.90. The summed E-state index contributed by atoms with van der Waals surface area (Å²) < 4.78 is 2.92. The molecule has 0 N–H and O–H groups in total. The van der Waals surface area contributed by atoms with Gasteiger partial charge in [0.25, 0.3) is 0 Å². The van der Waals surface area contributed by atoms with E-state index in [0.29, 0.717) is 0 Å². The molecular formula is C11H16Cl2NRu+. The third kappa shape index (κ3) is 5.22. The van der Waals surface area contributed by atoms with Crippen molar-refractivity contribution in [1.82, 2.24) is 0 Å². The molecule has 0 aliphatic rings. The van der Waals surface area contributed by atoms with Gasteiger partial charge < -0.3 is 0 Å². The Bertz CT molecular complexity index is 365. The monoisotopic (exact) mass is 334 g/mol. The Morgan fingerprint density at radius 3 is 2.33 bits per heavy atom. The summed E-state index contributed by atoms with van der Waals surface area (Å²) in [6.45, 7) is 0.988. The summed E-state index contributed by atoms with van der Waals surface area (Å²) in [6.07, 6.45) is 0. The van der Waals surface area contributed by atoms with Crippen LogP contribution in [0.1, 0.15) is 11.1 Å². The fraction of sp³-hybridized carbons (Fsp3) is 0.364. The topological polar surface area (TPSA) is 0 Å². The fourth-order valence-corrected chi connectivity index (χ4v) is 3.25. The number of quaternary nitrogens is 1. The number of nitrogens with zero attached hydrogens (tertiary/aromatic N) is 1. The van der Waals surface area contributed by atoms with E-state index in [4.69, 9.17) is 19.4 Å². The first-order chi connectivity index (χ1) is 6.88. The normalized spacial score (nSPS) is 12.5. The van der Waals surface area contributed by atoms with Crippen LogP contribution in [0.4, 0.5) is 0 Å². The van der Waals surface area contributed by atoms with Gasteiger partial charge in [0.05, 0.1) is 0 Å². The van der Waals surface area contributed by atoms with Crippen molar-refractivity contribution in [3.05, 3.63) is 35.4 Å². The summed E-state index contributed by atoms with van der Waals surface area (Å²) in [7, 11) is 18.3. The number of hydrogen-bond donors (Lipinski definition) is 0. The molecule has 1 aromatic carbocycles. The van der Waals surface area contributed by atoms with Gasteiger partial charge in [-0.3, -0.25) is 0 Å². The van der Waals surface area contributed by atoms with Crippen molar-refractivity contribution in [2.75, 3.05) is 21.1 Å². The molecule has 1 nitrogen and oxygen atoms in total. The number of benzene rings is 1. The molecule has 0 fully saturated rings. The van der Waals surface area contributed by atoms with Crippen molar-refractivity contribution in [3.63, 3.8) is 0 Å². The molecular weight excluding hydrogens is 318 g/mol. The summed E-state index contributed by atoms with van der Waals surface area (Å²) in [6, 6.07) is 8.30. The molecule has 0 radical (unpaired) electrons. The fourth-order valence-electron chi connectivity index (χ4n) is 1.37. The number of rotatable bonds is 3. The second-order valence-electron chi connectivity index (χ2n) is 4.45. The zero-order valence-corrected chi connectivity index (χ0v) is 12.4. The average Bonchev–Trinajstić information content (AvgIpc) is 2.05. The summed E-state index contributed by atoms with van der Waals surface area (Å²) in [5.41, 5.74) is 2.50. The van der Waals surface area contributed by atoms with Gasteiger partial charge in [0.1, 0.15) is 0 Å². The van der Waals surface area contributed by atoms with E-state index in [1.165, 1.54) is 11.1 Å². The Morgan fingerprint density at radius 1 is 1.20 bits per heavy atom. The van der Waals surface area contributed by atoms with Gasteiger partial charge in [-0.15, -0.1) is 0 Å². The van der Waals surface area contributed by atoms with Gasteiger partial charge in [-0.1, -0.05) is 0 Å². The molecule has 0 aromatic heterocycles. The number of hydrogen-bond acceptors (Lipinski definition) is 0. The molecule has 0 amide bonds. The summed E-state index contributed by atoms with van der Waals surface area (Å²) in [5, 5.41) is 0. The molecule has 0 saturated heterocycles.